The number of hydrogen-bond donors (Lipinski definition) is 2. The van der Waals surface area contributed by atoms with Gasteiger partial charge in [-0.2, -0.15) is 0 Å². The van der Waals surface area contributed by atoms with E-state index in [0.717, 1.165) is 34.3 Å². The van der Waals surface area contributed by atoms with Crippen LogP contribution in [-0.4, -0.2) is 22.6 Å². The van der Waals surface area contributed by atoms with Gasteiger partial charge in [0.1, 0.15) is 11.3 Å². The van der Waals surface area contributed by atoms with E-state index in [1.807, 2.05) is 61.5 Å². The number of fused-ring (bicyclic) bond motifs is 1. The van der Waals surface area contributed by atoms with Gasteiger partial charge in [0.15, 0.2) is 17.3 Å². The highest BCUT2D eigenvalue weighted by Crippen LogP contribution is 2.28. The molecule has 0 bridgehead atoms. The summed E-state index contributed by atoms with van der Waals surface area (Å²) >= 11 is 5.24. The minimum Gasteiger partial charge on any atom is -0.484 e. The molecule has 2 N–H and O–H groups in total. The summed E-state index contributed by atoms with van der Waals surface area (Å²) in [7, 11) is 0. The molecule has 1 amide bonds. The van der Waals surface area contributed by atoms with Crippen molar-refractivity contribution in [2.75, 3.05) is 11.9 Å². The Hall–Kier alpha value is -3.71. The van der Waals surface area contributed by atoms with E-state index in [9.17, 15) is 4.79 Å². The van der Waals surface area contributed by atoms with E-state index in [-0.39, 0.29) is 17.6 Å². The predicted molar refractivity (Wildman–Crippen MR) is 139 cm³/mol. The molecule has 1 heterocycles. The summed E-state index contributed by atoms with van der Waals surface area (Å²) in [5, 5.41) is 5.82. The number of carbonyl (C=O) groups excluding carboxylic acids is 1. The van der Waals surface area contributed by atoms with Crippen molar-refractivity contribution in [2.45, 2.75) is 33.1 Å². The van der Waals surface area contributed by atoms with E-state index in [1.54, 1.807) is 0 Å². The van der Waals surface area contributed by atoms with Crippen molar-refractivity contribution in [2.24, 2.45) is 0 Å². The zero-order chi connectivity index (χ0) is 24.1. The van der Waals surface area contributed by atoms with Gasteiger partial charge in [-0.15, -0.1) is 0 Å². The number of nitrogens with one attached hydrogen (secondary N) is 2. The third kappa shape index (κ3) is 5.80. The molecule has 0 saturated heterocycles. The van der Waals surface area contributed by atoms with Crippen molar-refractivity contribution in [1.82, 2.24) is 10.3 Å². The second-order valence-electron chi connectivity index (χ2n) is 8.24. The third-order valence-corrected chi connectivity index (χ3v) is 5.83. The Bertz CT molecular complexity index is 1300. The number of nitrogens with zero attached hydrogens (tertiary/aromatic N) is 1. The lowest BCUT2D eigenvalue weighted by molar-refractivity contribution is -0.121. The summed E-state index contributed by atoms with van der Waals surface area (Å²) in [6.45, 7) is 6.25. The van der Waals surface area contributed by atoms with Crippen LogP contribution in [0.25, 0.3) is 22.6 Å². The molecule has 34 heavy (non-hydrogen) atoms. The molecule has 0 saturated carbocycles. The van der Waals surface area contributed by atoms with Gasteiger partial charge in [-0.25, -0.2) is 4.98 Å². The Morgan fingerprint density at radius 1 is 1.09 bits per heavy atom. The maximum absolute atomic E-state index is 12.1. The number of anilines is 1. The molecule has 0 radical (unpaired) electrons. The number of thiocarbonyl (C=S) groups is 1. The van der Waals surface area contributed by atoms with Crippen LogP contribution in [-0.2, 0) is 4.79 Å². The second kappa shape index (κ2) is 10.5. The normalized spacial score (nSPS) is 11.7. The highest BCUT2D eigenvalue weighted by molar-refractivity contribution is 7.80. The standard InChI is InChI=1S/C27H27N3O3S/c1-4-18(3)20-9-14-24-23(15-20)29-26(33-24)19-7-10-21(11-8-19)28-27(34)30-25(31)16-32-22-12-5-17(2)6-13-22/h5-15,18H,4,16H2,1-3H3,(H2,28,30,31,34). The Labute approximate surface area is 204 Å². The molecule has 1 atom stereocenters. The summed E-state index contributed by atoms with van der Waals surface area (Å²) in [4.78, 5) is 16.8. The van der Waals surface area contributed by atoms with Gasteiger partial charge in [-0.05, 0) is 85.6 Å². The molecule has 0 aliphatic heterocycles. The predicted octanol–water partition coefficient (Wildman–Crippen LogP) is 6.21. The van der Waals surface area contributed by atoms with Crippen molar-refractivity contribution in [1.29, 1.82) is 0 Å². The van der Waals surface area contributed by atoms with Crippen molar-refractivity contribution in [3.63, 3.8) is 0 Å². The first-order valence-electron chi connectivity index (χ1n) is 11.2. The summed E-state index contributed by atoms with van der Waals surface area (Å²) in [6, 6.07) is 21.2. The van der Waals surface area contributed by atoms with Gasteiger partial charge in [0, 0.05) is 11.3 Å². The summed E-state index contributed by atoms with van der Waals surface area (Å²) < 4.78 is 11.4. The molecular weight excluding hydrogens is 446 g/mol. The summed E-state index contributed by atoms with van der Waals surface area (Å²) in [6.07, 6.45) is 1.08. The molecule has 1 aromatic heterocycles. The highest BCUT2D eigenvalue weighted by Gasteiger charge is 2.12. The van der Waals surface area contributed by atoms with Crippen molar-refractivity contribution < 1.29 is 13.9 Å². The zero-order valence-electron chi connectivity index (χ0n) is 19.4. The largest absolute Gasteiger partial charge is 0.484 e. The minimum atomic E-state index is -0.335. The van der Waals surface area contributed by atoms with Crippen LogP contribution in [0.2, 0.25) is 0 Å². The van der Waals surface area contributed by atoms with Gasteiger partial charge < -0.3 is 14.5 Å². The van der Waals surface area contributed by atoms with Gasteiger partial charge >= 0.3 is 0 Å². The van der Waals surface area contributed by atoms with Gasteiger partial charge in [-0.3, -0.25) is 10.1 Å². The number of aryl methyl sites for hydroxylation is 1. The van der Waals surface area contributed by atoms with E-state index in [2.05, 4.69) is 41.6 Å². The van der Waals surface area contributed by atoms with Gasteiger partial charge in [-0.1, -0.05) is 37.6 Å². The van der Waals surface area contributed by atoms with Crippen LogP contribution in [0.1, 0.15) is 37.3 Å². The van der Waals surface area contributed by atoms with Crippen molar-refractivity contribution in [3.05, 3.63) is 77.9 Å². The Morgan fingerprint density at radius 2 is 1.82 bits per heavy atom. The fourth-order valence-corrected chi connectivity index (χ4v) is 3.65. The SMILES string of the molecule is CCC(C)c1ccc2oc(-c3ccc(NC(=S)NC(=O)COc4ccc(C)cc4)cc3)nc2c1. The lowest BCUT2D eigenvalue weighted by Gasteiger charge is -2.10. The first-order valence-corrected chi connectivity index (χ1v) is 11.6. The number of carbonyl (C=O) groups is 1. The van der Waals surface area contributed by atoms with Crippen LogP contribution in [0.3, 0.4) is 0 Å². The number of rotatable bonds is 7. The average molecular weight is 474 g/mol. The number of ether oxygens (including phenoxy) is 1. The molecular formula is C27H27N3O3S. The van der Waals surface area contributed by atoms with Crippen LogP contribution in [0, 0.1) is 6.92 Å². The first-order chi connectivity index (χ1) is 16.4. The Balaban J connectivity index is 1.33. The Kier molecular flexibility index (Phi) is 7.23. The molecule has 0 aliphatic rings. The molecule has 174 valence electrons. The zero-order valence-corrected chi connectivity index (χ0v) is 20.2. The van der Waals surface area contributed by atoms with Crippen LogP contribution in [0.15, 0.2) is 71.1 Å². The quantitative estimate of drug-likeness (QED) is 0.311. The number of oxazole rings is 1. The van der Waals surface area contributed by atoms with Crippen molar-refractivity contribution >= 4 is 40.0 Å². The lowest BCUT2D eigenvalue weighted by Crippen LogP contribution is -2.37. The second-order valence-corrected chi connectivity index (χ2v) is 8.65. The number of benzene rings is 3. The number of aromatic nitrogens is 1. The molecule has 1 unspecified atom stereocenters. The van der Waals surface area contributed by atoms with Gasteiger partial charge in [0.05, 0.1) is 0 Å². The smallest absolute Gasteiger partial charge is 0.264 e. The average Bonchev–Trinajstić information content (AvgIpc) is 3.27. The summed E-state index contributed by atoms with van der Waals surface area (Å²) in [5.41, 5.74) is 5.60. The van der Waals surface area contributed by atoms with Crippen LogP contribution in [0.4, 0.5) is 5.69 Å². The highest BCUT2D eigenvalue weighted by atomic mass is 32.1. The van der Waals surface area contributed by atoms with E-state index in [1.165, 1.54) is 5.56 Å². The molecule has 0 fully saturated rings. The van der Waals surface area contributed by atoms with Gasteiger partial charge in [0.2, 0.25) is 5.89 Å². The molecule has 0 aliphatic carbocycles. The number of hydrogen-bond acceptors (Lipinski definition) is 5. The van der Waals surface area contributed by atoms with Gasteiger partial charge in [0.25, 0.3) is 5.91 Å². The third-order valence-electron chi connectivity index (χ3n) is 5.63. The van der Waals surface area contributed by atoms with Crippen molar-refractivity contribution in [3.8, 4) is 17.2 Å². The monoisotopic (exact) mass is 473 g/mol. The molecule has 0 spiro atoms. The fourth-order valence-electron chi connectivity index (χ4n) is 3.41. The minimum absolute atomic E-state index is 0.125. The fraction of sp³-hybridized carbons (Fsp3) is 0.222. The van der Waals surface area contributed by atoms with Crippen LogP contribution in [0.5, 0.6) is 5.75 Å². The molecule has 3 aromatic carbocycles. The molecule has 4 rings (SSSR count). The van der Waals surface area contributed by atoms with E-state index < -0.39 is 0 Å². The van der Waals surface area contributed by atoms with E-state index >= 15 is 0 Å². The van der Waals surface area contributed by atoms with E-state index in [0.29, 0.717) is 17.6 Å². The molecule has 6 nitrogen and oxygen atoms in total. The van der Waals surface area contributed by atoms with Crippen LogP contribution < -0.4 is 15.4 Å². The lowest BCUT2D eigenvalue weighted by atomic mass is 9.98. The molecule has 4 aromatic rings. The number of amides is 1. The Morgan fingerprint density at radius 3 is 2.53 bits per heavy atom. The first kappa shape index (κ1) is 23.4. The van der Waals surface area contributed by atoms with Crippen LogP contribution >= 0.6 is 12.2 Å². The summed E-state index contributed by atoms with van der Waals surface area (Å²) in [5.74, 6) is 1.34. The molecule has 7 heteroatoms. The topological polar surface area (TPSA) is 76.4 Å². The maximum Gasteiger partial charge on any atom is 0.264 e. The van der Waals surface area contributed by atoms with E-state index in [4.69, 9.17) is 21.4 Å². The maximum atomic E-state index is 12.1.